The third kappa shape index (κ3) is 5.70. The van der Waals surface area contributed by atoms with Crippen LogP contribution in [0.4, 0.5) is 0 Å². The van der Waals surface area contributed by atoms with Gasteiger partial charge in [0.15, 0.2) is 0 Å². The van der Waals surface area contributed by atoms with E-state index in [2.05, 4.69) is 26.6 Å². The van der Waals surface area contributed by atoms with Crippen molar-refractivity contribution < 1.29 is 4.79 Å². The number of nitrogens with zero attached hydrogens (tertiary/aromatic N) is 1. The Kier molecular flexibility index (Phi) is 9.29. The summed E-state index contributed by atoms with van der Waals surface area (Å²) in [6.07, 6.45) is 2.45. The number of carbonyl (C=O) groups is 1. The van der Waals surface area contributed by atoms with Gasteiger partial charge in [-0.15, -0.1) is 36.2 Å². The number of likely N-dealkylation sites (N-methyl/N-ethyl adjacent to an activating group) is 1. The zero-order chi connectivity index (χ0) is 17.8. The monoisotopic (exact) mass is 428 g/mol. The molecule has 0 saturated carbocycles. The maximum absolute atomic E-state index is 12.4. The molecule has 1 amide bonds. The van der Waals surface area contributed by atoms with Gasteiger partial charge in [0.05, 0.1) is 12.1 Å². The molecule has 27 heavy (non-hydrogen) atoms. The second-order valence-corrected chi connectivity index (χ2v) is 7.39. The van der Waals surface area contributed by atoms with E-state index in [1.807, 2.05) is 50.6 Å². The third-order valence-electron chi connectivity index (χ3n) is 4.42. The van der Waals surface area contributed by atoms with Crippen molar-refractivity contribution in [1.82, 2.24) is 15.2 Å². The minimum atomic E-state index is -0.564. The number of fused-ring (bicyclic) bond motifs is 1. The molecule has 0 aliphatic carbocycles. The van der Waals surface area contributed by atoms with Gasteiger partial charge in [-0.1, -0.05) is 24.3 Å². The molecule has 1 aromatic carbocycles. The number of amides is 1. The van der Waals surface area contributed by atoms with Gasteiger partial charge in [0.25, 0.3) is 0 Å². The summed E-state index contributed by atoms with van der Waals surface area (Å²) < 4.78 is 0. The quantitative estimate of drug-likeness (QED) is 0.539. The summed E-state index contributed by atoms with van der Waals surface area (Å²) in [6.45, 7) is 0.550. The third-order valence-corrected chi connectivity index (χ3v) is 5.39. The number of hydrogen-bond donors (Lipinski definition) is 3. The predicted molar refractivity (Wildman–Crippen MR) is 118 cm³/mol. The van der Waals surface area contributed by atoms with Crippen molar-refractivity contribution in [3.05, 3.63) is 58.4 Å². The van der Waals surface area contributed by atoms with Crippen LogP contribution in [0.3, 0.4) is 0 Å². The lowest BCUT2D eigenvalue weighted by atomic mass is 10.0. The number of rotatable bonds is 7. The highest BCUT2D eigenvalue weighted by Gasteiger charge is 2.20. The molecule has 5 nitrogen and oxygen atoms in total. The fourth-order valence-electron chi connectivity index (χ4n) is 2.98. The highest BCUT2D eigenvalue weighted by molar-refractivity contribution is 7.10. The number of aromatic amines is 1. The minimum absolute atomic E-state index is 0. The van der Waals surface area contributed by atoms with Gasteiger partial charge in [-0.05, 0) is 43.6 Å². The SMILES string of the molecule is CN(C)C(CNC(=O)[C@@H](N)Cc1c[nH]c2ccccc12)c1cccs1.Cl.Cl. The van der Waals surface area contributed by atoms with Gasteiger partial charge in [0.2, 0.25) is 5.91 Å². The Morgan fingerprint density at radius 3 is 2.63 bits per heavy atom. The Bertz CT molecular complexity index is 835. The van der Waals surface area contributed by atoms with E-state index in [1.165, 1.54) is 4.88 Å². The van der Waals surface area contributed by atoms with Gasteiger partial charge in [-0.25, -0.2) is 0 Å². The summed E-state index contributed by atoms with van der Waals surface area (Å²) in [7, 11) is 4.03. The molecule has 2 atom stereocenters. The summed E-state index contributed by atoms with van der Waals surface area (Å²) in [5.74, 6) is -0.117. The first-order chi connectivity index (χ1) is 12.1. The van der Waals surface area contributed by atoms with Crippen LogP contribution in [0.1, 0.15) is 16.5 Å². The smallest absolute Gasteiger partial charge is 0.237 e. The van der Waals surface area contributed by atoms with Crippen molar-refractivity contribution in [3.63, 3.8) is 0 Å². The van der Waals surface area contributed by atoms with Gasteiger partial charge < -0.3 is 20.9 Å². The Hall–Kier alpha value is -1.57. The molecule has 3 rings (SSSR count). The minimum Gasteiger partial charge on any atom is -0.361 e. The maximum Gasteiger partial charge on any atom is 0.237 e. The molecule has 4 N–H and O–H groups in total. The normalized spacial score (nSPS) is 12.9. The van der Waals surface area contributed by atoms with Gasteiger partial charge in [-0.2, -0.15) is 0 Å². The Balaban J connectivity index is 0.00000182. The zero-order valence-electron chi connectivity index (χ0n) is 15.3. The van der Waals surface area contributed by atoms with Gasteiger partial charge in [-0.3, -0.25) is 4.79 Å². The fourth-order valence-corrected chi connectivity index (χ4v) is 3.90. The van der Waals surface area contributed by atoms with E-state index in [1.54, 1.807) is 11.3 Å². The lowest BCUT2D eigenvalue weighted by molar-refractivity contribution is -0.122. The van der Waals surface area contributed by atoms with Crippen LogP contribution in [-0.2, 0) is 11.2 Å². The van der Waals surface area contributed by atoms with Crippen molar-refractivity contribution in [1.29, 1.82) is 0 Å². The molecule has 2 aromatic heterocycles. The number of H-pyrrole nitrogens is 1. The van der Waals surface area contributed by atoms with Gasteiger partial charge >= 0.3 is 0 Å². The van der Waals surface area contributed by atoms with Crippen LogP contribution in [0, 0.1) is 0 Å². The standard InChI is InChI=1S/C19H24N4OS.2ClH/c1-23(2)17(18-8-5-9-25-18)12-22-19(24)15(20)10-13-11-21-16-7-4-3-6-14(13)16;;/h3-9,11,15,17,21H,10,12,20H2,1-2H3,(H,22,24);2*1H/t15-,17?;;/m0../s1. The highest BCUT2D eigenvalue weighted by Crippen LogP contribution is 2.22. The molecule has 0 radical (unpaired) electrons. The maximum atomic E-state index is 12.4. The number of benzene rings is 1. The zero-order valence-corrected chi connectivity index (χ0v) is 17.8. The summed E-state index contributed by atoms with van der Waals surface area (Å²) in [5.41, 5.74) is 8.28. The first kappa shape index (κ1) is 23.5. The lowest BCUT2D eigenvalue weighted by Crippen LogP contribution is -2.44. The summed E-state index contributed by atoms with van der Waals surface area (Å²) in [4.78, 5) is 19.0. The molecule has 0 spiro atoms. The molecule has 148 valence electrons. The van der Waals surface area contributed by atoms with Crippen LogP contribution >= 0.6 is 36.2 Å². The van der Waals surface area contributed by atoms with Gasteiger partial charge in [0, 0.05) is 28.5 Å². The van der Waals surface area contributed by atoms with Crippen molar-refractivity contribution in [2.45, 2.75) is 18.5 Å². The highest BCUT2D eigenvalue weighted by atomic mass is 35.5. The summed E-state index contributed by atoms with van der Waals surface area (Å²) in [5, 5.41) is 6.18. The van der Waals surface area contributed by atoms with E-state index in [4.69, 9.17) is 5.73 Å². The van der Waals surface area contributed by atoms with Crippen LogP contribution in [0.5, 0.6) is 0 Å². The number of halogens is 2. The Labute approximate surface area is 176 Å². The summed E-state index contributed by atoms with van der Waals surface area (Å²) in [6, 6.07) is 11.8. The number of thiophene rings is 1. The number of para-hydroxylation sites is 1. The Morgan fingerprint density at radius 2 is 1.96 bits per heavy atom. The Morgan fingerprint density at radius 1 is 1.22 bits per heavy atom. The first-order valence-electron chi connectivity index (χ1n) is 8.34. The second-order valence-electron chi connectivity index (χ2n) is 6.41. The van der Waals surface area contributed by atoms with Crippen LogP contribution in [-0.4, -0.2) is 42.5 Å². The second kappa shape index (κ2) is 10.7. The molecule has 3 aromatic rings. The predicted octanol–water partition coefficient (Wildman–Crippen LogP) is 3.36. The number of nitrogens with one attached hydrogen (secondary N) is 2. The van der Waals surface area contributed by atoms with E-state index in [0.717, 1.165) is 16.5 Å². The van der Waals surface area contributed by atoms with E-state index < -0.39 is 6.04 Å². The van der Waals surface area contributed by atoms with Crippen LogP contribution < -0.4 is 11.1 Å². The topological polar surface area (TPSA) is 74.2 Å². The van der Waals surface area contributed by atoms with E-state index in [9.17, 15) is 4.79 Å². The molecule has 0 fully saturated rings. The molecular formula is C19H26Cl2N4OS. The van der Waals surface area contributed by atoms with Gasteiger partial charge in [0.1, 0.15) is 0 Å². The van der Waals surface area contributed by atoms with E-state index >= 15 is 0 Å². The molecule has 0 bridgehead atoms. The van der Waals surface area contributed by atoms with Crippen LogP contribution in [0.2, 0.25) is 0 Å². The number of nitrogens with two attached hydrogens (primary N) is 1. The van der Waals surface area contributed by atoms with Crippen molar-refractivity contribution in [2.24, 2.45) is 5.73 Å². The molecule has 8 heteroatoms. The molecule has 0 saturated heterocycles. The van der Waals surface area contributed by atoms with Crippen molar-refractivity contribution in [3.8, 4) is 0 Å². The fraction of sp³-hybridized carbons (Fsp3) is 0.316. The lowest BCUT2D eigenvalue weighted by Gasteiger charge is -2.24. The molecule has 0 aliphatic rings. The number of hydrogen-bond acceptors (Lipinski definition) is 4. The van der Waals surface area contributed by atoms with Crippen LogP contribution in [0.15, 0.2) is 48.0 Å². The molecule has 2 heterocycles. The average molecular weight is 429 g/mol. The largest absolute Gasteiger partial charge is 0.361 e. The number of aromatic nitrogens is 1. The molecular weight excluding hydrogens is 403 g/mol. The summed E-state index contributed by atoms with van der Waals surface area (Å²) >= 11 is 1.70. The molecule has 1 unspecified atom stereocenters. The number of carbonyl (C=O) groups excluding carboxylic acids is 1. The van der Waals surface area contributed by atoms with E-state index in [0.29, 0.717) is 13.0 Å². The van der Waals surface area contributed by atoms with Crippen molar-refractivity contribution in [2.75, 3.05) is 20.6 Å². The van der Waals surface area contributed by atoms with Crippen molar-refractivity contribution >= 4 is 53.0 Å². The van der Waals surface area contributed by atoms with E-state index in [-0.39, 0.29) is 36.8 Å². The average Bonchev–Trinajstić information content (AvgIpc) is 3.25. The van der Waals surface area contributed by atoms with Crippen LogP contribution in [0.25, 0.3) is 10.9 Å². The first-order valence-corrected chi connectivity index (χ1v) is 9.22. The molecule has 0 aliphatic heterocycles.